The lowest BCUT2D eigenvalue weighted by Gasteiger charge is -2.14. The van der Waals surface area contributed by atoms with E-state index in [1.165, 1.54) is 22.7 Å². The predicted molar refractivity (Wildman–Crippen MR) is 87.5 cm³/mol. The molecule has 1 aromatic carbocycles. The molecule has 2 aromatic rings. The summed E-state index contributed by atoms with van der Waals surface area (Å²) in [6.07, 6.45) is 1.31. The minimum absolute atomic E-state index is 0.116. The molecule has 7 nitrogen and oxygen atoms in total. The third kappa shape index (κ3) is 3.65. The van der Waals surface area contributed by atoms with E-state index in [1.54, 1.807) is 6.92 Å². The Morgan fingerprint density at radius 2 is 2.17 bits per heavy atom. The third-order valence-electron chi connectivity index (χ3n) is 3.22. The number of esters is 1. The summed E-state index contributed by atoms with van der Waals surface area (Å²) in [5.41, 5.74) is 0.806. The van der Waals surface area contributed by atoms with Crippen molar-refractivity contribution < 1.29 is 18.7 Å². The van der Waals surface area contributed by atoms with Crippen LogP contribution in [0, 0.1) is 0 Å². The van der Waals surface area contributed by atoms with Crippen LogP contribution in [0.2, 0.25) is 0 Å². The predicted octanol–water partition coefficient (Wildman–Crippen LogP) is 2.22. The second-order valence-corrected chi connectivity index (χ2v) is 5.87. The molecule has 0 spiro atoms. The van der Waals surface area contributed by atoms with Crippen molar-refractivity contribution in [1.29, 1.82) is 0 Å². The SMILES string of the molecule is CCOC(=O)C=C1SCC(=O)N1Cc1nnc(-c2ccccc2)o1. The Labute approximate surface area is 142 Å². The van der Waals surface area contributed by atoms with Gasteiger partial charge in [0.15, 0.2) is 0 Å². The maximum atomic E-state index is 12.0. The Morgan fingerprint density at radius 1 is 1.38 bits per heavy atom. The summed E-state index contributed by atoms with van der Waals surface area (Å²) >= 11 is 1.28. The normalized spacial score (nSPS) is 16.0. The molecule has 0 saturated carbocycles. The quantitative estimate of drug-likeness (QED) is 0.606. The van der Waals surface area contributed by atoms with Gasteiger partial charge in [-0.05, 0) is 19.1 Å². The number of ether oxygens (including phenoxy) is 1. The van der Waals surface area contributed by atoms with Crippen molar-refractivity contribution in [2.75, 3.05) is 12.4 Å². The molecule has 1 saturated heterocycles. The molecule has 0 radical (unpaired) electrons. The Hall–Kier alpha value is -2.61. The number of rotatable bonds is 5. The topological polar surface area (TPSA) is 85.5 Å². The van der Waals surface area contributed by atoms with Gasteiger partial charge in [0.05, 0.1) is 23.5 Å². The fourth-order valence-corrected chi connectivity index (χ4v) is 3.06. The maximum Gasteiger partial charge on any atom is 0.333 e. The van der Waals surface area contributed by atoms with Crippen LogP contribution in [0.3, 0.4) is 0 Å². The molecule has 0 bridgehead atoms. The van der Waals surface area contributed by atoms with Crippen LogP contribution >= 0.6 is 11.8 Å². The smallest absolute Gasteiger partial charge is 0.333 e. The van der Waals surface area contributed by atoms with Crippen molar-refractivity contribution in [2.45, 2.75) is 13.5 Å². The zero-order chi connectivity index (χ0) is 16.9. The van der Waals surface area contributed by atoms with Crippen LogP contribution < -0.4 is 0 Å². The summed E-state index contributed by atoms with van der Waals surface area (Å²) in [5.74, 6) is 0.371. The highest BCUT2D eigenvalue weighted by Gasteiger charge is 2.29. The summed E-state index contributed by atoms with van der Waals surface area (Å²) in [6.45, 7) is 2.13. The van der Waals surface area contributed by atoms with E-state index in [0.29, 0.717) is 16.8 Å². The van der Waals surface area contributed by atoms with Crippen molar-refractivity contribution in [1.82, 2.24) is 15.1 Å². The Balaban J connectivity index is 1.75. The van der Waals surface area contributed by atoms with Gasteiger partial charge in [-0.25, -0.2) is 4.79 Å². The fraction of sp³-hybridized carbons (Fsp3) is 0.250. The standard InChI is InChI=1S/C16H15N3O4S/c1-2-22-15(21)8-14-19(13(20)10-24-14)9-12-17-18-16(23-12)11-6-4-3-5-7-11/h3-8H,2,9-10H2,1H3. The molecule has 1 aliphatic rings. The Morgan fingerprint density at radius 3 is 2.92 bits per heavy atom. The number of thioether (sulfide) groups is 1. The number of amides is 1. The molecule has 1 aliphatic heterocycles. The third-order valence-corrected chi connectivity index (χ3v) is 4.24. The van der Waals surface area contributed by atoms with Crippen molar-refractivity contribution in [3.63, 3.8) is 0 Å². The number of carbonyl (C=O) groups is 2. The number of aromatic nitrogens is 2. The van der Waals surface area contributed by atoms with E-state index in [9.17, 15) is 9.59 Å². The summed E-state index contributed by atoms with van der Waals surface area (Å²) in [6, 6.07) is 9.37. The van der Waals surface area contributed by atoms with Crippen LogP contribution in [0.4, 0.5) is 0 Å². The van der Waals surface area contributed by atoms with E-state index in [4.69, 9.17) is 9.15 Å². The van der Waals surface area contributed by atoms with Crippen LogP contribution in [0.25, 0.3) is 11.5 Å². The highest BCUT2D eigenvalue weighted by atomic mass is 32.2. The molecule has 3 rings (SSSR count). The first kappa shape index (κ1) is 16.3. The molecule has 1 amide bonds. The lowest BCUT2D eigenvalue weighted by molar-refractivity contribution is -0.137. The molecule has 8 heteroatoms. The van der Waals surface area contributed by atoms with Crippen molar-refractivity contribution in [3.8, 4) is 11.5 Å². The van der Waals surface area contributed by atoms with Crippen LogP contribution in [0.15, 0.2) is 45.9 Å². The molecule has 0 unspecified atom stereocenters. The van der Waals surface area contributed by atoms with E-state index in [-0.39, 0.29) is 24.8 Å². The molecule has 0 atom stereocenters. The maximum absolute atomic E-state index is 12.0. The number of nitrogens with zero attached hydrogens (tertiary/aromatic N) is 3. The molecule has 2 heterocycles. The van der Waals surface area contributed by atoms with Gasteiger partial charge in [0.1, 0.15) is 6.54 Å². The van der Waals surface area contributed by atoms with E-state index in [1.807, 2.05) is 30.3 Å². The number of carbonyl (C=O) groups excluding carboxylic acids is 2. The first-order valence-corrected chi connectivity index (χ1v) is 8.35. The van der Waals surface area contributed by atoms with Crippen LogP contribution in [-0.4, -0.2) is 39.3 Å². The van der Waals surface area contributed by atoms with Gasteiger partial charge in [0.2, 0.25) is 17.7 Å². The largest absolute Gasteiger partial charge is 0.463 e. The second kappa shape index (κ2) is 7.31. The van der Waals surface area contributed by atoms with Gasteiger partial charge in [0, 0.05) is 5.56 Å². The van der Waals surface area contributed by atoms with Crippen LogP contribution in [0.5, 0.6) is 0 Å². The molecule has 0 N–H and O–H groups in total. The highest BCUT2D eigenvalue weighted by molar-refractivity contribution is 8.04. The number of hydrogen-bond acceptors (Lipinski definition) is 7. The van der Waals surface area contributed by atoms with E-state index in [0.717, 1.165) is 5.56 Å². The average molecular weight is 345 g/mol. The van der Waals surface area contributed by atoms with Gasteiger partial charge < -0.3 is 9.15 Å². The summed E-state index contributed by atoms with van der Waals surface area (Å²) in [7, 11) is 0. The van der Waals surface area contributed by atoms with Gasteiger partial charge in [-0.2, -0.15) is 0 Å². The monoisotopic (exact) mass is 345 g/mol. The molecule has 24 heavy (non-hydrogen) atoms. The zero-order valence-electron chi connectivity index (χ0n) is 13.0. The van der Waals surface area contributed by atoms with Gasteiger partial charge in [-0.15, -0.1) is 10.2 Å². The molecular weight excluding hydrogens is 330 g/mol. The van der Waals surface area contributed by atoms with E-state index < -0.39 is 5.97 Å². The van der Waals surface area contributed by atoms with Gasteiger partial charge in [-0.1, -0.05) is 30.0 Å². The fourth-order valence-electron chi connectivity index (χ4n) is 2.13. The minimum Gasteiger partial charge on any atom is -0.463 e. The van der Waals surface area contributed by atoms with Crippen LogP contribution in [-0.2, 0) is 20.9 Å². The summed E-state index contributed by atoms with van der Waals surface area (Å²) < 4.78 is 10.5. The summed E-state index contributed by atoms with van der Waals surface area (Å²) in [4.78, 5) is 25.1. The average Bonchev–Trinajstić information content (AvgIpc) is 3.18. The Kier molecular flexibility index (Phi) is 4.95. The molecule has 1 fully saturated rings. The second-order valence-electron chi connectivity index (χ2n) is 4.87. The first-order valence-electron chi connectivity index (χ1n) is 7.36. The van der Waals surface area contributed by atoms with E-state index >= 15 is 0 Å². The van der Waals surface area contributed by atoms with E-state index in [2.05, 4.69) is 10.2 Å². The lowest BCUT2D eigenvalue weighted by Crippen LogP contribution is -2.24. The van der Waals surface area contributed by atoms with Crippen molar-refractivity contribution in [3.05, 3.63) is 47.3 Å². The minimum atomic E-state index is -0.477. The zero-order valence-corrected chi connectivity index (χ0v) is 13.8. The number of benzene rings is 1. The van der Waals surface area contributed by atoms with Gasteiger partial charge >= 0.3 is 5.97 Å². The molecule has 0 aliphatic carbocycles. The lowest BCUT2D eigenvalue weighted by atomic mass is 10.2. The van der Waals surface area contributed by atoms with Gasteiger partial charge in [-0.3, -0.25) is 9.69 Å². The van der Waals surface area contributed by atoms with Gasteiger partial charge in [0.25, 0.3) is 0 Å². The van der Waals surface area contributed by atoms with Crippen molar-refractivity contribution >= 4 is 23.6 Å². The highest BCUT2D eigenvalue weighted by Crippen LogP contribution is 2.30. The van der Waals surface area contributed by atoms with Crippen LogP contribution in [0.1, 0.15) is 12.8 Å². The Bertz CT molecular complexity index is 773. The molecular formula is C16H15N3O4S. The first-order chi connectivity index (χ1) is 11.7. The molecule has 1 aromatic heterocycles. The van der Waals surface area contributed by atoms with Crippen molar-refractivity contribution in [2.24, 2.45) is 0 Å². The molecule has 124 valence electrons. The summed E-state index contributed by atoms with van der Waals surface area (Å²) in [5, 5.41) is 8.50. The number of hydrogen-bond donors (Lipinski definition) is 0.